The Morgan fingerprint density at radius 1 is 1.37 bits per heavy atom. The van der Waals surface area contributed by atoms with E-state index in [1.54, 1.807) is 23.1 Å². The van der Waals surface area contributed by atoms with Crippen LogP contribution in [0.25, 0.3) is 10.2 Å². The van der Waals surface area contributed by atoms with Gasteiger partial charge in [-0.05, 0) is 24.3 Å². The summed E-state index contributed by atoms with van der Waals surface area (Å²) in [7, 11) is 0. The van der Waals surface area contributed by atoms with Gasteiger partial charge < -0.3 is 4.74 Å². The largest absolute Gasteiger partial charge is 0.372 e. The Bertz CT molecular complexity index is 894. The minimum Gasteiger partial charge on any atom is -0.372 e. The highest BCUT2D eigenvalue weighted by molar-refractivity contribution is 7.99. The van der Waals surface area contributed by atoms with Gasteiger partial charge in [-0.15, -0.1) is 17.9 Å². The number of fused-ring (bicyclic) bond motifs is 3. The van der Waals surface area contributed by atoms with Crippen molar-refractivity contribution < 1.29 is 4.74 Å². The van der Waals surface area contributed by atoms with Crippen molar-refractivity contribution in [3.8, 4) is 0 Å². The maximum Gasteiger partial charge on any atom is 0.263 e. The van der Waals surface area contributed by atoms with Gasteiger partial charge in [0, 0.05) is 23.1 Å². The van der Waals surface area contributed by atoms with Crippen LogP contribution in [0.2, 0.25) is 0 Å². The molecule has 0 radical (unpaired) electrons. The van der Waals surface area contributed by atoms with Crippen molar-refractivity contribution in [2.45, 2.75) is 76.3 Å². The average Bonchev–Trinajstić information content (AvgIpc) is 3.04. The summed E-state index contributed by atoms with van der Waals surface area (Å²) >= 11 is 3.27. The molecule has 0 bridgehead atoms. The Morgan fingerprint density at radius 3 is 2.85 bits per heavy atom. The van der Waals surface area contributed by atoms with Crippen LogP contribution in [0.1, 0.15) is 62.4 Å². The second-order valence-electron chi connectivity index (χ2n) is 7.94. The topological polar surface area (TPSA) is 44.1 Å². The van der Waals surface area contributed by atoms with Crippen molar-refractivity contribution in [2.24, 2.45) is 5.92 Å². The van der Waals surface area contributed by atoms with Crippen LogP contribution in [0.4, 0.5) is 0 Å². The van der Waals surface area contributed by atoms with Crippen LogP contribution in [0.3, 0.4) is 0 Å². The Hall–Kier alpha value is -1.11. The van der Waals surface area contributed by atoms with E-state index in [1.165, 1.54) is 29.7 Å². The second-order valence-corrected chi connectivity index (χ2v) is 10.0. The van der Waals surface area contributed by atoms with Gasteiger partial charge >= 0.3 is 0 Å². The standard InChI is InChI=1S/C21H28N2O2S2/c1-4-10-26-21-22-19-18(20(24)23(21)14-8-6-5-7-9-14)15-11-16(13(2)3)25-12-17(15)27-19/h4,13-14,16H,1,5-12H2,2-3H3/t16-/m1/s1. The number of nitrogens with zero attached hydrogens (tertiary/aromatic N) is 2. The molecule has 6 heteroatoms. The van der Waals surface area contributed by atoms with E-state index >= 15 is 0 Å². The molecule has 1 atom stereocenters. The fourth-order valence-corrected chi connectivity index (χ4v) is 6.21. The maximum absolute atomic E-state index is 13.7. The Morgan fingerprint density at radius 2 is 2.15 bits per heavy atom. The monoisotopic (exact) mass is 404 g/mol. The van der Waals surface area contributed by atoms with Gasteiger partial charge in [-0.2, -0.15) is 0 Å². The molecule has 27 heavy (non-hydrogen) atoms. The van der Waals surface area contributed by atoms with Crippen LogP contribution in [0, 0.1) is 5.92 Å². The molecule has 0 unspecified atom stereocenters. The van der Waals surface area contributed by atoms with E-state index < -0.39 is 0 Å². The molecule has 1 fully saturated rings. The van der Waals surface area contributed by atoms with Gasteiger partial charge in [0.1, 0.15) is 4.83 Å². The Kier molecular flexibility index (Phi) is 5.76. The van der Waals surface area contributed by atoms with Crippen LogP contribution in [-0.2, 0) is 17.8 Å². The minimum atomic E-state index is 0.167. The van der Waals surface area contributed by atoms with E-state index in [0.29, 0.717) is 12.5 Å². The van der Waals surface area contributed by atoms with Gasteiger partial charge in [0.25, 0.3) is 5.56 Å². The molecule has 2 aromatic rings. The van der Waals surface area contributed by atoms with E-state index in [2.05, 4.69) is 20.4 Å². The highest BCUT2D eigenvalue weighted by Crippen LogP contribution is 2.37. The summed E-state index contributed by atoms with van der Waals surface area (Å²) in [5.41, 5.74) is 1.36. The lowest BCUT2D eigenvalue weighted by molar-refractivity contribution is 0.00200. The number of thioether (sulfide) groups is 1. The third kappa shape index (κ3) is 3.64. The summed E-state index contributed by atoms with van der Waals surface area (Å²) < 4.78 is 8.05. The van der Waals surface area contributed by atoms with Gasteiger partial charge in [-0.1, -0.05) is 50.9 Å². The van der Waals surface area contributed by atoms with Crippen LogP contribution >= 0.6 is 23.1 Å². The van der Waals surface area contributed by atoms with Crippen molar-refractivity contribution in [3.05, 3.63) is 33.4 Å². The van der Waals surface area contributed by atoms with E-state index in [0.717, 1.165) is 40.4 Å². The lowest BCUT2D eigenvalue weighted by Gasteiger charge is -2.27. The van der Waals surface area contributed by atoms with Gasteiger partial charge in [0.05, 0.1) is 18.1 Å². The van der Waals surface area contributed by atoms with E-state index in [4.69, 9.17) is 9.72 Å². The smallest absolute Gasteiger partial charge is 0.263 e. The van der Waals surface area contributed by atoms with Crippen molar-refractivity contribution in [2.75, 3.05) is 5.75 Å². The zero-order valence-corrected chi connectivity index (χ0v) is 17.8. The molecule has 4 nitrogen and oxygen atoms in total. The maximum atomic E-state index is 13.7. The number of aromatic nitrogens is 2. The van der Waals surface area contributed by atoms with Crippen LogP contribution < -0.4 is 5.56 Å². The molecule has 0 amide bonds. The zero-order chi connectivity index (χ0) is 19.0. The zero-order valence-electron chi connectivity index (χ0n) is 16.2. The van der Waals surface area contributed by atoms with Gasteiger partial charge in [-0.25, -0.2) is 4.98 Å². The lowest BCUT2D eigenvalue weighted by Crippen LogP contribution is -2.31. The number of ether oxygens (including phenoxy) is 1. The van der Waals surface area contributed by atoms with Gasteiger partial charge in [-0.3, -0.25) is 9.36 Å². The fourth-order valence-electron chi connectivity index (χ4n) is 4.25. The fraction of sp³-hybridized carbons (Fsp3) is 0.619. The number of hydrogen-bond acceptors (Lipinski definition) is 5. The van der Waals surface area contributed by atoms with E-state index in [1.807, 2.05) is 10.6 Å². The average molecular weight is 405 g/mol. The minimum absolute atomic E-state index is 0.167. The first-order chi connectivity index (χ1) is 13.1. The molecule has 1 aliphatic carbocycles. The molecular weight excluding hydrogens is 376 g/mol. The third-order valence-electron chi connectivity index (χ3n) is 5.76. The molecule has 2 aromatic heterocycles. The number of thiophene rings is 1. The first-order valence-corrected chi connectivity index (χ1v) is 11.8. The molecule has 3 heterocycles. The normalized spacial score (nSPS) is 20.9. The highest BCUT2D eigenvalue weighted by atomic mass is 32.2. The predicted octanol–water partition coefficient (Wildman–Crippen LogP) is 5.34. The predicted molar refractivity (Wildman–Crippen MR) is 114 cm³/mol. The SMILES string of the molecule is C=CCSc1nc2sc3c(c2c(=O)n1C1CCCCC1)C[C@H](C(C)C)OC3. The van der Waals surface area contributed by atoms with Crippen LogP contribution in [0.5, 0.6) is 0 Å². The first-order valence-electron chi connectivity index (χ1n) is 10.0. The Labute approximate surface area is 169 Å². The quantitative estimate of drug-likeness (QED) is 0.383. The molecule has 0 spiro atoms. The molecule has 0 N–H and O–H groups in total. The highest BCUT2D eigenvalue weighted by Gasteiger charge is 2.30. The molecule has 2 aliphatic rings. The van der Waals surface area contributed by atoms with E-state index in [9.17, 15) is 4.79 Å². The summed E-state index contributed by atoms with van der Waals surface area (Å²) in [4.78, 5) is 20.7. The molecule has 1 aliphatic heterocycles. The molecule has 146 valence electrons. The molecule has 1 saturated carbocycles. The second kappa shape index (κ2) is 8.10. The summed E-state index contributed by atoms with van der Waals surface area (Å²) in [5, 5.41) is 1.72. The molecule has 0 saturated heterocycles. The lowest BCUT2D eigenvalue weighted by atomic mass is 9.94. The number of rotatable bonds is 5. The first kappa shape index (κ1) is 19.2. The summed E-state index contributed by atoms with van der Waals surface area (Å²) in [6.45, 7) is 8.81. The Balaban J connectivity index is 1.86. The van der Waals surface area contributed by atoms with Crippen LogP contribution in [-0.4, -0.2) is 21.4 Å². The third-order valence-corrected chi connectivity index (χ3v) is 7.80. The summed E-state index contributed by atoms with van der Waals surface area (Å²) in [6, 6.07) is 0.284. The van der Waals surface area contributed by atoms with Crippen molar-refractivity contribution in [1.82, 2.24) is 9.55 Å². The molecule has 4 rings (SSSR count). The number of hydrogen-bond donors (Lipinski definition) is 0. The van der Waals surface area contributed by atoms with Crippen molar-refractivity contribution in [1.29, 1.82) is 0 Å². The van der Waals surface area contributed by atoms with Crippen molar-refractivity contribution in [3.63, 3.8) is 0 Å². The van der Waals surface area contributed by atoms with Crippen LogP contribution in [0.15, 0.2) is 22.6 Å². The van der Waals surface area contributed by atoms with Gasteiger partial charge in [0.2, 0.25) is 0 Å². The van der Waals surface area contributed by atoms with Crippen molar-refractivity contribution >= 4 is 33.3 Å². The van der Waals surface area contributed by atoms with E-state index in [-0.39, 0.29) is 17.7 Å². The molecule has 0 aromatic carbocycles. The summed E-state index contributed by atoms with van der Waals surface area (Å²) in [6.07, 6.45) is 8.74. The molecular formula is C21H28N2O2S2. The van der Waals surface area contributed by atoms with Gasteiger partial charge in [0.15, 0.2) is 5.16 Å². The summed E-state index contributed by atoms with van der Waals surface area (Å²) in [5.74, 6) is 1.22.